The predicted octanol–water partition coefficient (Wildman–Crippen LogP) is 5.07. The molecule has 0 spiro atoms. The number of carbonyl (C=O) groups is 2. The van der Waals surface area contributed by atoms with Gasteiger partial charge in [0.25, 0.3) is 0 Å². The van der Waals surface area contributed by atoms with Crippen molar-refractivity contribution in [3.05, 3.63) is 71.7 Å². The van der Waals surface area contributed by atoms with Gasteiger partial charge in [0.05, 0.1) is 23.7 Å². The highest BCUT2D eigenvalue weighted by atomic mass is 16.2. The summed E-state index contributed by atoms with van der Waals surface area (Å²) >= 11 is 0. The zero-order valence-corrected chi connectivity index (χ0v) is 31.8. The second kappa shape index (κ2) is 17.0. The van der Waals surface area contributed by atoms with E-state index in [1.807, 2.05) is 24.4 Å². The van der Waals surface area contributed by atoms with Gasteiger partial charge in [0.15, 0.2) is 11.5 Å². The van der Waals surface area contributed by atoms with Gasteiger partial charge in [-0.2, -0.15) is 20.1 Å². The molecule has 290 valence electrons. The summed E-state index contributed by atoms with van der Waals surface area (Å²) in [5.41, 5.74) is 5.58. The fourth-order valence-corrected chi connectivity index (χ4v) is 8.78. The van der Waals surface area contributed by atoms with Gasteiger partial charge in [-0.25, -0.2) is 9.97 Å². The Hall–Kier alpha value is -5.68. The predicted molar refractivity (Wildman–Crippen MR) is 217 cm³/mol. The van der Waals surface area contributed by atoms with Crippen LogP contribution >= 0.6 is 0 Å². The molecule has 5 heterocycles. The highest BCUT2D eigenvalue weighted by Crippen LogP contribution is 2.31. The van der Waals surface area contributed by atoms with Crippen molar-refractivity contribution in [2.24, 2.45) is 21.9 Å². The molecule has 3 aromatic heterocycles. The molecule has 14 nitrogen and oxygen atoms in total. The van der Waals surface area contributed by atoms with Gasteiger partial charge in [-0.3, -0.25) is 24.8 Å². The van der Waals surface area contributed by atoms with Gasteiger partial charge in [-0.15, -0.1) is 0 Å². The molecule has 1 aromatic carbocycles. The van der Waals surface area contributed by atoms with Crippen molar-refractivity contribution in [2.75, 3.05) is 42.9 Å². The second-order valence-corrected chi connectivity index (χ2v) is 15.7. The number of anilines is 2. The summed E-state index contributed by atoms with van der Waals surface area (Å²) in [6.07, 6.45) is 18.1. The van der Waals surface area contributed by atoms with Crippen LogP contribution in [0, 0.1) is 17.2 Å². The van der Waals surface area contributed by atoms with Gasteiger partial charge in [0, 0.05) is 85.6 Å². The van der Waals surface area contributed by atoms with Gasteiger partial charge >= 0.3 is 0 Å². The summed E-state index contributed by atoms with van der Waals surface area (Å²) in [5, 5.41) is 25.0. The maximum Gasteiger partial charge on any atom is 0.234 e. The molecule has 14 heteroatoms. The number of aromatic nitrogens is 4. The Balaban J connectivity index is 0.826. The van der Waals surface area contributed by atoms with Crippen LogP contribution in [0.5, 0.6) is 0 Å². The van der Waals surface area contributed by atoms with Gasteiger partial charge in [-0.1, -0.05) is 25.0 Å². The summed E-state index contributed by atoms with van der Waals surface area (Å²) in [6.45, 7) is 5.18. The maximum absolute atomic E-state index is 12.3. The lowest BCUT2D eigenvalue weighted by atomic mass is 9.84. The summed E-state index contributed by atoms with van der Waals surface area (Å²) in [5.74, 6) is 6.72. The number of nitrogens with one attached hydrogen (secondary N) is 2. The van der Waals surface area contributed by atoms with E-state index in [0.29, 0.717) is 47.5 Å². The number of fused-ring (bicyclic) bond motifs is 1. The average molecular weight is 755 g/mol. The Bertz CT molecular complexity index is 2130. The first-order valence-electron chi connectivity index (χ1n) is 20.2. The Morgan fingerprint density at radius 3 is 2.48 bits per heavy atom. The summed E-state index contributed by atoms with van der Waals surface area (Å²) in [4.78, 5) is 43.1. The molecule has 4 aliphatic rings. The third kappa shape index (κ3) is 8.43. The van der Waals surface area contributed by atoms with E-state index >= 15 is 0 Å². The number of hydrogen-bond acceptors (Lipinski definition) is 12. The SMILES string of the molecule is N#Cc1cnc2c(cnn2-c2cc(NC3CCCC3)c(/C(C=NC3CCC(CCN4CCN(c5ccc(C6CCC(=O)NC6=O)cc5)CC4)CC3)=N/N)cn2)c1. The van der Waals surface area contributed by atoms with Crippen LogP contribution in [0.15, 0.2) is 65.1 Å². The van der Waals surface area contributed by atoms with Crippen LogP contribution in [0.3, 0.4) is 0 Å². The summed E-state index contributed by atoms with van der Waals surface area (Å²) in [6, 6.07) is 14.8. The topological polar surface area (TPSA) is 183 Å². The average Bonchev–Trinajstić information content (AvgIpc) is 3.91. The quantitative estimate of drug-likeness (QED) is 0.0810. The molecule has 2 aliphatic carbocycles. The molecule has 4 aromatic rings. The Labute approximate surface area is 327 Å². The maximum atomic E-state index is 12.3. The smallest absolute Gasteiger partial charge is 0.234 e. The minimum Gasteiger partial charge on any atom is -0.382 e. The summed E-state index contributed by atoms with van der Waals surface area (Å²) in [7, 11) is 0. The van der Waals surface area contributed by atoms with E-state index in [9.17, 15) is 14.9 Å². The third-order valence-electron chi connectivity index (χ3n) is 12.1. The van der Waals surface area contributed by atoms with Crippen molar-refractivity contribution in [2.45, 2.75) is 88.6 Å². The van der Waals surface area contributed by atoms with E-state index in [1.54, 1.807) is 29.3 Å². The van der Waals surface area contributed by atoms with E-state index in [4.69, 9.17) is 15.8 Å². The molecular weight excluding hydrogens is 705 g/mol. The van der Waals surface area contributed by atoms with Crippen molar-refractivity contribution in [3.63, 3.8) is 0 Å². The lowest BCUT2D eigenvalue weighted by Crippen LogP contribution is -2.47. The molecule has 1 atom stereocenters. The number of hydrazone groups is 1. The number of pyridine rings is 2. The van der Waals surface area contributed by atoms with Gasteiger partial charge < -0.3 is 16.1 Å². The number of piperidine rings is 1. The number of imide groups is 1. The normalized spacial score (nSPS) is 22.8. The molecule has 56 heavy (non-hydrogen) atoms. The van der Waals surface area contributed by atoms with Crippen molar-refractivity contribution in [3.8, 4) is 11.9 Å². The lowest BCUT2D eigenvalue weighted by molar-refractivity contribution is -0.134. The van der Waals surface area contributed by atoms with Crippen LogP contribution in [0.2, 0.25) is 0 Å². The van der Waals surface area contributed by atoms with Gasteiger partial charge in [0.2, 0.25) is 11.8 Å². The molecule has 4 fully saturated rings. The van der Waals surface area contributed by atoms with E-state index < -0.39 is 0 Å². The minimum absolute atomic E-state index is 0.178. The number of aliphatic imine (C=N–C) groups is 1. The molecule has 0 bridgehead atoms. The number of nitriles is 1. The van der Waals surface area contributed by atoms with Crippen molar-refractivity contribution in [1.29, 1.82) is 5.26 Å². The zero-order chi connectivity index (χ0) is 38.4. The first-order chi connectivity index (χ1) is 27.4. The number of amides is 2. The molecule has 2 aliphatic heterocycles. The molecule has 2 saturated heterocycles. The van der Waals surface area contributed by atoms with E-state index in [2.05, 4.69) is 53.8 Å². The standard InChI is InChI=1S/C42H50N12O2/c43-23-29-21-31-25-48-54(41(31)47-24-29)39-22-37(49-33-3-1-2-4-33)36(26-46-39)38(51-44)27-45-32-9-5-28(6-10-32)15-16-52-17-19-53(20-18-52)34-11-7-30(8-12-34)35-13-14-40(55)50-42(35)56/h7-8,11-12,21-22,24-28,32-33,35H,1-6,9-10,13-20,44H2,(H,46,49)(H,50,55,56)/b45-27?,51-38+. The zero-order valence-electron chi connectivity index (χ0n) is 31.8. The number of carbonyl (C=O) groups excluding carboxylic acids is 2. The van der Waals surface area contributed by atoms with Crippen molar-refractivity contribution in [1.82, 2.24) is 30.0 Å². The van der Waals surface area contributed by atoms with Crippen LogP contribution in [-0.4, -0.2) is 93.2 Å². The fourth-order valence-electron chi connectivity index (χ4n) is 8.78. The van der Waals surface area contributed by atoms with Crippen molar-refractivity contribution < 1.29 is 9.59 Å². The number of piperazine rings is 1. The highest BCUT2D eigenvalue weighted by Gasteiger charge is 2.29. The number of rotatable bonds is 11. The highest BCUT2D eigenvalue weighted by molar-refractivity contribution is 6.39. The van der Waals surface area contributed by atoms with Crippen molar-refractivity contribution >= 4 is 46.1 Å². The molecule has 2 saturated carbocycles. The largest absolute Gasteiger partial charge is 0.382 e. The number of nitrogens with zero attached hydrogens (tertiary/aromatic N) is 9. The molecule has 4 N–H and O–H groups in total. The lowest BCUT2D eigenvalue weighted by Gasteiger charge is -2.37. The number of hydrogen-bond donors (Lipinski definition) is 3. The van der Waals surface area contributed by atoms with E-state index in [1.165, 1.54) is 37.8 Å². The van der Waals surface area contributed by atoms with Crippen LogP contribution < -0.4 is 21.4 Å². The molecule has 1 unspecified atom stereocenters. The monoisotopic (exact) mass is 754 g/mol. The molecule has 8 rings (SSSR count). The first kappa shape index (κ1) is 37.3. The van der Waals surface area contributed by atoms with Crippen LogP contribution in [0.25, 0.3) is 16.9 Å². The number of benzene rings is 1. The minimum atomic E-state index is -0.243. The van der Waals surface area contributed by atoms with Crippen LogP contribution in [0.1, 0.15) is 93.2 Å². The van der Waals surface area contributed by atoms with E-state index in [-0.39, 0.29) is 23.8 Å². The Kier molecular flexibility index (Phi) is 11.3. The second-order valence-electron chi connectivity index (χ2n) is 15.7. The molecular formula is C42H50N12O2. The number of nitrogens with two attached hydrogens (primary N) is 1. The van der Waals surface area contributed by atoms with Gasteiger partial charge in [-0.05, 0) is 87.6 Å². The van der Waals surface area contributed by atoms with Crippen LogP contribution in [-0.2, 0) is 9.59 Å². The first-order valence-corrected chi connectivity index (χ1v) is 20.2. The molecule has 2 amide bonds. The Morgan fingerprint density at radius 2 is 1.75 bits per heavy atom. The summed E-state index contributed by atoms with van der Waals surface area (Å²) < 4.78 is 1.69. The van der Waals surface area contributed by atoms with Crippen LogP contribution in [0.4, 0.5) is 11.4 Å². The van der Waals surface area contributed by atoms with Gasteiger partial charge in [0.1, 0.15) is 11.8 Å². The third-order valence-corrected chi connectivity index (χ3v) is 12.1. The fraction of sp³-hybridized carbons (Fsp3) is 0.476. The Morgan fingerprint density at radius 1 is 0.964 bits per heavy atom. The van der Waals surface area contributed by atoms with E-state index in [0.717, 1.165) is 80.6 Å². The molecule has 0 radical (unpaired) electrons.